The number of nitrogens with zero attached hydrogens (tertiary/aromatic N) is 4. The van der Waals surface area contributed by atoms with Gasteiger partial charge in [0.15, 0.2) is 5.82 Å². The molecule has 5 heteroatoms. The molecule has 0 aliphatic carbocycles. The van der Waals surface area contributed by atoms with Gasteiger partial charge in [0.25, 0.3) is 0 Å². The van der Waals surface area contributed by atoms with Crippen molar-refractivity contribution in [3.8, 4) is 0 Å². The maximum absolute atomic E-state index is 4.60. The number of nitrogens with one attached hydrogen (secondary N) is 1. The van der Waals surface area contributed by atoms with Crippen LogP contribution in [0.5, 0.6) is 0 Å². The van der Waals surface area contributed by atoms with Gasteiger partial charge >= 0.3 is 0 Å². The molecule has 1 saturated heterocycles. The lowest BCUT2D eigenvalue weighted by atomic mass is 9.97. The Hall–Kier alpha value is -2.01. The van der Waals surface area contributed by atoms with Crippen LogP contribution in [0.3, 0.4) is 0 Å². The number of likely N-dealkylation sites (tertiary alicyclic amines) is 1. The summed E-state index contributed by atoms with van der Waals surface area (Å²) >= 11 is 0. The highest BCUT2D eigenvalue weighted by atomic mass is 15.2. The van der Waals surface area contributed by atoms with E-state index in [1.54, 1.807) is 0 Å². The standard InChI is InChI=1S/C17H23N5/c1-12(14-7-5-4-6-8-14)16-17(18-13(2)20-21-16)19-15-9-10-22(3)11-15/h4-8,12,15H,9-11H2,1-3H3,(H,18,19,20)/t12-,15-/m0/s1. The summed E-state index contributed by atoms with van der Waals surface area (Å²) in [5, 5.41) is 12.2. The van der Waals surface area contributed by atoms with Gasteiger partial charge in [-0.25, -0.2) is 4.98 Å². The first kappa shape index (κ1) is 14.9. The predicted octanol–water partition coefficient (Wildman–Crippen LogP) is 2.45. The third-order valence-electron chi connectivity index (χ3n) is 4.26. The van der Waals surface area contributed by atoms with E-state index in [1.165, 1.54) is 5.56 Å². The monoisotopic (exact) mass is 297 g/mol. The van der Waals surface area contributed by atoms with Crippen molar-refractivity contribution in [2.24, 2.45) is 0 Å². The molecule has 2 aromatic rings. The van der Waals surface area contributed by atoms with E-state index in [1.807, 2.05) is 13.0 Å². The minimum atomic E-state index is 0.170. The van der Waals surface area contributed by atoms with Crippen molar-refractivity contribution in [3.05, 3.63) is 47.4 Å². The molecule has 0 radical (unpaired) electrons. The molecule has 0 spiro atoms. The number of likely N-dealkylation sites (N-methyl/N-ethyl adjacent to an activating group) is 1. The fraction of sp³-hybridized carbons (Fsp3) is 0.471. The van der Waals surface area contributed by atoms with Crippen LogP contribution in [-0.4, -0.2) is 46.3 Å². The highest BCUT2D eigenvalue weighted by Crippen LogP contribution is 2.27. The van der Waals surface area contributed by atoms with Gasteiger partial charge in [-0.1, -0.05) is 37.3 Å². The van der Waals surface area contributed by atoms with Crippen LogP contribution >= 0.6 is 0 Å². The molecule has 116 valence electrons. The highest BCUT2D eigenvalue weighted by molar-refractivity contribution is 5.46. The van der Waals surface area contributed by atoms with Gasteiger partial charge in [-0.15, -0.1) is 10.2 Å². The van der Waals surface area contributed by atoms with Gasteiger partial charge in [0, 0.05) is 18.5 Å². The maximum atomic E-state index is 4.60. The molecule has 0 saturated carbocycles. The zero-order chi connectivity index (χ0) is 15.5. The van der Waals surface area contributed by atoms with E-state index >= 15 is 0 Å². The third-order valence-corrected chi connectivity index (χ3v) is 4.26. The second kappa shape index (κ2) is 6.40. The lowest BCUT2D eigenvalue weighted by Gasteiger charge is -2.19. The second-order valence-corrected chi connectivity index (χ2v) is 6.12. The van der Waals surface area contributed by atoms with Gasteiger partial charge in [-0.05, 0) is 32.5 Å². The molecule has 0 bridgehead atoms. The molecule has 1 aliphatic heterocycles. The molecule has 1 N–H and O–H groups in total. The topological polar surface area (TPSA) is 53.9 Å². The molecule has 3 rings (SSSR count). The van der Waals surface area contributed by atoms with E-state index in [0.717, 1.165) is 31.0 Å². The van der Waals surface area contributed by atoms with E-state index in [-0.39, 0.29) is 5.92 Å². The van der Waals surface area contributed by atoms with Crippen molar-refractivity contribution in [2.75, 3.05) is 25.5 Å². The van der Waals surface area contributed by atoms with Crippen molar-refractivity contribution in [1.82, 2.24) is 20.1 Å². The SMILES string of the molecule is Cc1nnc([C@@H](C)c2ccccc2)c(N[C@H]2CCN(C)C2)n1. The molecule has 2 heterocycles. The van der Waals surface area contributed by atoms with Crippen molar-refractivity contribution in [3.63, 3.8) is 0 Å². The number of benzene rings is 1. The van der Waals surface area contributed by atoms with Gasteiger partial charge in [0.1, 0.15) is 11.5 Å². The first-order valence-electron chi connectivity index (χ1n) is 7.84. The first-order valence-corrected chi connectivity index (χ1v) is 7.84. The number of aryl methyl sites for hydroxylation is 1. The molecular weight excluding hydrogens is 274 g/mol. The van der Waals surface area contributed by atoms with Gasteiger partial charge in [0.2, 0.25) is 0 Å². The Kier molecular flexibility index (Phi) is 4.34. The fourth-order valence-electron chi connectivity index (χ4n) is 2.96. The van der Waals surface area contributed by atoms with Crippen molar-refractivity contribution in [1.29, 1.82) is 0 Å². The molecule has 1 aliphatic rings. The van der Waals surface area contributed by atoms with Gasteiger partial charge < -0.3 is 10.2 Å². The van der Waals surface area contributed by atoms with Gasteiger partial charge in [-0.3, -0.25) is 0 Å². The Morgan fingerprint density at radius 3 is 2.68 bits per heavy atom. The van der Waals surface area contributed by atoms with E-state index < -0.39 is 0 Å². The first-order chi connectivity index (χ1) is 10.6. The largest absolute Gasteiger partial charge is 0.364 e. The summed E-state index contributed by atoms with van der Waals surface area (Å²) in [5.74, 6) is 1.76. The van der Waals surface area contributed by atoms with Crippen LogP contribution in [0.1, 0.15) is 36.3 Å². The van der Waals surface area contributed by atoms with Crippen LogP contribution in [0.4, 0.5) is 5.82 Å². The van der Waals surface area contributed by atoms with Crippen LogP contribution in [-0.2, 0) is 0 Å². The summed E-state index contributed by atoms with van der Waals surface area (Å²) in [6.45, 7) is 6.21. The number of anilines is 1. The molecule has 0 amide bonds. The van der Waals surface area contributed by atoms with Crippen LogP contribution in [0, 0.1) is 6.92 Å². The molecule has 1 aromatic heterocycles. The minimum Gasteiger partial charge on any atom is -0.364 e. The maximum Gasteiger partial charge on any atom is 0.152 e. The molecule has 1 aromatic carbocycles. The molecular formula is C17H23N5. The van der Waals surface area contributed by atoms with Crippen LogP contribution < -0.4 is 5.32 Å². The lowest BCUT2D eigenvalue weighted by molar-refractivity contribution is 0.414. The zero-order valence-corrected chi connectivity index (χ0v) is 13.5. The zero-order valence-electron chi connectivity index (χ0n) is 13.5. The average molecular weight is 297 g/mol. The van der Waals surface area contributed by atoms with Crippen molar-refractivity contribution in [2.45, 2.75) is 32.2 Å². The predicted molar refractivity (Wildman–Crippen MR) is 88.0 cm³/mol. The average Bonchev–Trinajstić information content (AvgIpc) is 2.93. The Bertz CT molecular complexity index is 628. The summed E-state index contributed by atoms with van der Waals surface area (Å²) < 4.78 is 0. The molecule has 2 atom stereocenters. The summed E-state index contributed by atoms with van der Waals surface area (Å²) in [5.41, 5.74) is 2.15. The van der Waals surface area contributed by atoms with E-state index in [2.05, 4.69) is 63.6 Å². The van der Waals surface area contributed by atoms with E-state index in [0.29, 0.717) is 11.9 Å². The van der Waals surface area contributed by atoms with Crippen LogP contribution in [0.15, 0.2) is 30.3 Å². The van der Waals surface area contributed by atoms with Crippen molar-refractivity contribution >= 4 is 5.82 Å². The second-order valence-electron chi connectivity index (χ2n) is 6.12. The summed E-state index contributed by atoms with van der Waals surface area (Å²) in [6.07, 6.45) is 1.14. The van der Waals surface area contributed by atoms with Gasteiger partial charge in [-0.2, -0.15) is 0 Å². The highest BCUT2D eigenvalue weighted by Gasteiger charge is 2.23. The van der Waals surface area contributed by atoms with E-state index in [9.17, 15) is 0 Å². The summed E-state index contributed by atoms with van der Waals surface area (Å²) in [4.78, 5) is 6.94. The fourth-order valence-corrected chi connectivity index (χ4v) is 2.96. The summed E-state index contributed by atoms with van der Waals surface area (Å²) in [6, 6.07) is 10.8. The van der Waals surface area contributed by atoms with Crippen molar-refractivity contribution < 1.29 is 0 Å². The molecule has 0 unspecified atom stereocenters. The molecule has 5 nitrogen and oxygen atoms in total. The Morgan fingerprint density at radius 1 is 1.23 bits per heavy atom. The molecule has 22 heavy (non-hydrogen) atoms. The quantitative estimate of drug-likeness (QED) is 0.939. The number of aromatic nitrogens is 3. The number of rotatable bonds is 4. The minimum absolute atomic E-state index is 0.170. The summed E-state index contributed by atoms with van der Waals surface area (Å²) in [7, 11) is 2.15. The lowest BCUT2D eigenvalue weighted by Crippen LogP contribution is -2.25. The Labute approximate surface area is 131 Å². The van der Waals surface area contributed by atoms with E-state index in [4.69, 9.17) is 0 Å². The molecule has 1 fully saturated rings. The number of hydrogen-bond donors (Lipinski definition) is 1. The Morgan fingerprint density at radius 2 is 2.00 bits per heavy atom. The normalized spacial score (nSPS) is 20.0. The van der Waals surface area contributed by atoms with Crippen LogP contribution in [0.2, 0.25) is 0 Å². The van der Waals surface area contributed by atoms with Crippen LogP contribution in [0.25, 0.3) is 0 Å². The smallest absolute Gasteiger partial charge is 0.152 e. The Balaban J connectivity index is 1.87. The third kappa shape index (κ3) is 3.25. The number of hydrogen-bond acceptors (Lipinski definition) is 5. The van der Waals surface area contributed by atoms with Gasteiger partial charge in [0.05, 0.1) is 0 Å².